The van der Waals surface area contributed by atoms with Crippen LogP contribution < -0.4 is 11.3 Å². The molecule has 0 aliphatic rings. The fourth-order valence-electron chi connectivity index (χ4n) is 2.07. The summed E-state index contributed by atoms with van der Waals surface area (Å²) in [5.74, 6) is -0.449. The van der Waals surface area contributed by atoms with E-state index < -0.39 is 5.91 Å². The van der Waals surface area contributed by atoms with Gasteiger partial charge < -0.3 is 10.3 Å². The Hall–Kier alpha value is -1.88. The number of carbonyl (C=O) groups is 1. The molecular formula is C15H15BrN2O2. The Bertz CT molecular complexity index is 735. The standard InChI is InChI=1S/C15H15BrN2O2/c1-9-5-11(14(17)19)3-4-12(9)7-18-8-13(16)6-10(2)15(18)20/h3-6,8H,7H2,1-2H3,(H2,17,19). The van der Waals surface area contributed by atoms with Gasteiger partial charge in [0.25, 0.3) is 5.56 Å². The van der Waals surface area contributed by atoms with Crippen LogP contribution in [0, 0.1) is 13.8 Å². The van der Waals surface area contributed by atoms with Gasteiger partial charge in [0.1, 0.15) is 0 Å². The highest BCUT2D eigenvalue weighted by atomic mass is 79.9. The maximum absolute atomic E-state index is 12.1. The molecule has 0 spiro atoms. The van der Waals surface area contributed by atoms with E-state index in [2.05, 4.69) is 15.9 Å². The zero-order valence-electron chi connectivity index (χ0n) is 11.3. The number of halogens is 1. The van der Waals surface area contributed by atoms with E-state index in [1.54, 1.807) is 35.9 Å². The molecule has 0 saturated carbocycles. The van der Waals surface area contributed by atoms with Crippen molar-refractivity contribution in [2.75, 3.05) is 0 Å². The summed E-state index contributed by atoms with van der Waals surface area (Å²) in [6.07, 6.45) is 1.76. The lowest BCUT2D eigenvalue weighted by Crippen LogP contribution is -2.22. The highest BCUT2D eigenvalue weighted by Gasteiger charge is 2.07. The Morgan fingerprint density at radius 2 is 1.95 bits per heavy atom. The normalized spacial score (nSPS) is 10.6. The lowest BCUT2D eigenvalue weighted by molar-refractivity contribution is 0.1000. The minimum absolute atomic E-state index is 0.0217. The van der Waals surface area contributed by atoms with Gasteiger partial charge >= 0.3 is 0 Å². The fraction of sp³-hybridized carbons (Fsp3) is 0.200. The second-order valence-corrected chi connectivity index (χ2v) is 5.70. The molecule has 0 aliphatic heterocycles. The number of benzene rings is 1. The third-order valence-electron chi connectivity index (χ3n) is 3.20. The number of rotatable bonds is 3. The Morgan fingerprint density at radius 3 is 2.55 bits per heavy atom. The van der Waals surface area contributed by atoms with Crippen molar-refractivity contribution in [1.82, 2.24) is 4.57 Å². The number of hydrogen-bond donors (Lipinski definition) is 1. The van der Waals surface area contributed by atoms with Gasteiger partial charge in [-0.25, -0.2) is 0 Å². The van der Waals surface area contributed by atoms with Gasteiger partial charge in [-0.3, -0.25) is 9.59 Å². The average molecular weight is 335 g/mol. The summed E-state index contributed by atoms with van der Waals surface area (Å²) in [4.78, 5) is 23.2. The quantitative estimate of drug-likeness (QED) is 0.936. The molecule has 5 heteroatoms. The Morgan fingerprint density at radius 1 is 1.25 bits per heavy atom. The number of aromatic nitrogens is 1. The van der Waals surface area contributed by atoms with E-state index in [4.69, 9.17) is 5.73 Å². The van der Waals surface area contributed by atoms with E-state index in [9.17, 15) is 9.59 Å². The summed E-state index contributed by atoms with van der Waals surface area (Å²) in [5.41, 5.74) is 8.31. The molecule has 4 nitrogen and oxygen atoms in total. The number of nitrogens with two attached hydrogens (primary N) is 1. The Kier molecular flexibility index (Phi) is 4.09. The topological polar surface area (TPSA) is 65.1 Å². The van der Waals surface area contributed by atoms with E-state index in [0.717, 1.165) is 15.6 Å². The van der Waals surface area contributed by atoms with E-state index >= 15 is 0 Å². The molecule has 1 amide bonds. The highest BCUT2D eigenvalue weighted by molar-refractivity contribution is 9.10. The van der Waals surface area contributed by atoms with Crippen molar-refractivity contribution >= 4 is 21.8 Å². The predicted molar refractivity (Wildman–Crippen MR) is 81.9 cm³/mol. The number of carbonyl (C=O) groups excluding carboxylic acids is 1. The van der Waals surface area contributed by atoms with Crippen LogP contribution in [0.3, 0.4) is 0 Å². The van der Waals surface area contributed by atoms with Crippen molar-refractivity contribution < 1.29 is 4.79 Å². The molecule has 104 valence electrons. The summed E-state index contributed by atoms with van der Waals surface area (Å²) >= 11 is 3.39. The van der Waals surface area contributed by atoms with Crippen molar-refractivity contribution in [2.45, 2.75) is 20.4 Å². The predicted octanol–water partition coefficient (Wildman–Crippen LogP) is 2.37. The molecule has 0 unspecified atom stereocenters. The first-order valence-corrected chi connectivity index (χ1v) is 6.93. The van der Waals surface area contributed by atoms with Crippen LogP contribution in [-0.4, -0.2) is 10.5 Å². The largest absolute Gasteiger partial charge is 0.366 e. The number of hydrogen-bond acceptors (Lipinski definition) is 2. The Labute approximate surface area is 125 Å². The van der Waals surface area contributed by atoms with E-state index in [0.29, 0.717) is 17.7 Å². The van der Waals surface area contributed by atoms with E-state index in [1.165, 1.54) is 0 Å². The van der Waals surface area contributed by atoms with E-state index in [-0.39, 0.29) is 5.56 Å². The number of pyridine rings is 1. The first-order valence-electron chi connectivity index (χ1n) is 6.14. The zero-order valence-corrected chi connectivity index (χ0v) is 12.9. The van der Waals surface area contributed by atoms with Gasteiger partial charge in [-0.2, -0.15) is 0 Å². The molecule has 2 aromatic rings. The molecule has 20 heavy (non-hydrogen) atoms. The minimum atomic E-state index is -0.449. The van der Waals surface area contributed by atoms with Crippen LogP contribution in [0.15, 0.2) is 39.7 Å². The molecular weight excluding hydrogens is 320 g/mol. The summed E-state index contributed by atoms with van der Waals surface area (Å²) in [6, 6.07) is 7.05. The van der Waals surface area contributed by atoms with Crippen molar-refractivity contribution in [3.8, 4) is 0 Å². The van der Waals surface area contributed by atoms with Gasteiger partial charge in [-0.15, -0.1) is 0 Å². The number of primary amides is 1. The summed E-state index contributed by atoms with van der Waals surface area (Å²) in [7, 11) is 0. The van der Waals surface area contributed by atoms with Crippen LogP contribution in [-0.2, 0) is 6.54 Å². The van der Waals surface area contributed by atoms with Crippen molar-refractivity contribution in [1.29, 1.82) is 0 Å². The molecule has 0 atom stereocenters. The Balaban J connectivity index is 2.41. The van der Waals surface area contributed by atoms with Crippen molar-refractivity contribution in [3.63, 3.8) is 0 Å². The summed E-state index contributed by atoms with van der Waals surface area (Å²) < 4.78 is 2.51. The van der Waals surface area contributed by atoms with Crippen LogP contribution in [0.2, 0.25) is 0 Å². The SMILES string of the molecule is Cc1cc(C(N)=O)ccc1Cn1cc(Br)cc(C)c1=O. The van der Waals surface area contributed by atoms with Crippen LogP contribution in [0.5, 0.6) is 0 Å². The van der Waals surface area contributed by atoms with Gasteiger partial charge in [0.2, 0.25) is 5.91 Å². The monoisotopic (exact) mass is 334 g/mol. The second-order valence-electron chi connectivity index (χ2n) is 4.78. The average Bonchev–Trinajstić information content (AvgIpc) is 2.37. The lowest BCUT2D eigenvalue weighted by Gasteiger charge is -2.11. The molecule has 1 aromatic heterocycles. The van der Waals surface area contributed by atoms with Crippen LogP contribution in [0.25, 0.3) is 0 Å². The van der Waals surface area contributed by atoms with Gasteiger partial charge in [0.15, 0.2) is 0 Å². The lowest BCUT2D eigenvalue weighted by atomic mass is 10.0. The van der Waals surface area contributed by atoms with Gasteiger partial charge in [0, 0.05) is 21.8 Å². The summed E-state index contributed by atoms with van der Waals surface area (Å²) in [6.45, 7) is 4.15. The number of nitrogens with zero attached hydrogens (tertiary/aromatic N) is 1. The van der Waals surface area contributed by atoms with Crippen LogP contribution in [0.4, 0.5) is 0 Å². The third-order valence-corrected chi connectivity index (χ3v) is 3.63. The molecule has 0 bridgehead atoms. The molecule has 1 aromatic carbocycles. The molecule has 0 radical (unpaired) electrons. The van der Waals surface area contributed by atoms with Crippen LogP contribution >= 0.6 is 15.9 Å². The molecule has 0 saturated heterocycles. The van der Waals surface area contributed by atoms with Crippen molar-refractivity contribution in [3.05, 3.63) is 67.5 Å². The second kappa shape index (κ2) is 5.63. The van der Waals surface area contributed by atoms with Crippen molar-refractivity contribution in [2.24, 2.45) is 5.73 Å². The maximum atomic E-state index is 12.1. The molecule has 0 fully saturated rings. The first-order chi connectivity index (χ1) is 9.38. The molecule has 2 rings (SSSR count). The summed E-state index contributed by atoms with van der Waals surface area (Å²) in [5, 5.41) is 0. The molecule has 0 aliphatic carbocycles. The third kappa shape index (κ3) is 2.99. The van der Waals surface area contributed by atoms with Crippen LogP contribution in [0.1, 0.15) is 27.0 Å². The number of amides is 1. The zero-order chi connectivity index (χ0) is 14.9. The number of aryl methyl sites for hydroxylation is 2. The smallest absolute Gasteiger partial charge is 0.253 e. The van der Waals surface area contributed by atoms with Gasteiger partial charge in [-0.05, 0) is 59.1 Å². The van der Waals surface area contributed by atoms with E-state index in [1.807, 2.05) is 13.0 Å². The highest BCUT2D eigenvalue weighted by Crippen LogP contribution is 2.14. The fourth-order valence-corrected chi connectivity index (χ4v) is 2.66. The molecule has 1 heterocycles. The first kappa shape index (κ1) is 14.5. The minimum Gasteiger partial charge on any atom is -0.366 e. The van der Waals surface area contributed by atoms with Gasteiger partial charge in [0.05, 0.1) is 6.54 Å². The molecule has 2 N–H and O–H groups in total. The maximum Gasteiger partial charge on any atom is 0.253 e. The van der Waals surface area contributed by atoms with Gasteiger partial charge in [-0.1, -0.05) is 6.07 Å².